The average Bonchev–Trinajstić information content (AvgIpc) is 3.30. The zero-order chi connectivity index (χ0) is 19.7. The molecule has 4 rings (SSSR count). The molecule has 0 unspecified atom stereocenters. The number of piperidine rings is 1. The number of anilines is 1. The van der Waals surface area contributed by atoms with Gasteiger partial charge in [0.15, 0.2) is 5.79 Å². The highest BCUT2D eigenvalue weighted by Gasteiger charge is 2.41. The molecule has 0 aromatic heterocycles. The van der Waals surface area contributed by atoms with Gasteiger partial charge in [-0.15, -0.1) is 0 Å². The Bertz CT molecular complexity index is 718. The fraction of sp³-hybridized carbons (Fsp3) is 0.619. The standard InChI is InChI=1S/C21H29N3O4/c1-16(2)17-3-5-18(6-4-17)24-12-11-23(20(24)26)15-19(25)22-9-7-21(8-10-22)27-13-14-28-21/h3-6,16H,7-15H2,1-2H3. The van der Waals surface area contributed by atoms with Gasteiger partial charge >= 0.3 is 6.03 Å². The van der Waals surface area contributed by atoms with Gasteiger partial charge in [-0.2, -0.15) is 0 Å². The molecule has 0 saturated carbocycles. The smallest absolute Gasteiger partial charge is 0.325 e. The van der Waals surface area contributed by atoms with E-state index in [1.54, 1.807) is 9.80 Å². The van der Waals surface area contributed by atoms with Gasteiger partial charge in [-0.1, -0.05) is 26.0 Å². The van der Waals surface area contributed by atoms with Gasteiger partial charge in [-0.05, 0) is 23.6 Å². The Labute approximate surface area is 166 Å². The molecule has 3 aliphatic rings. The summed E-state index contributed by atoms with van der Waals surface area (Å²) in [4.78, 5) is 30.7. The second kappa shape index (κ2) is 7.72. The fourth-order valence-electron chi connectivity index (χ4n) is 4.15. The van der Waals surface area contributed by atoms with Gasteiger partial charge in [0, 0.05) is 44.7 Å². The number of likely N-dealkylation sites (tertiary alicyclic amines) is 1. The lowest BCUT2D eigenvalue weighted by atomic mass is 10.0. The van der Waals surface area contributed by atoms with Gasteiger partial charge in [0.2, 0.25) is 5.91 Å². The minimum absolute atomic E-state index is 0.00166. The quantitative estimate of drug-likeness (QED) is 0.796. The molecule has 3 amide bonds. The van der Waals surface area contributed by atoms with Crippen molar-refractivity contribution in [3.63, 3.8) is 0 Å². The van der Waals surface area contributed by atoms with Crippen LogP contribution in [-0.2, 0) is 14.3 Å². The summed E-state index contributed by atoms with van der Waals surface area (Å²) in [6.07, 6.45) is 1.39. The lowest BCUT2D eigenvalue weighted by Crippen LogP contribution is -2.50. The first-order valence-electron chi connectivity index (χ1n) is 10.2. The molecule has 0 bridgehead atoms. The fourth-order valence-corrected chi connectivity index (χ4v) is 4.15. The summed E-state index contributed by atoms with van der Waals surface area (Å²) in [7, 11) is 0. The summed E-state index contributed by atoms with van der Waals surface area (Å²) in [5, 5.41) is 0. The summed E-state index contributed by atoms with van der Waals surface area (Å²) < 4.78 is 11.4. The summed E-state index contributed by atoms with van der Waals surface area (Å²) in [6, 6.07) is 8.02. The molecule has 0 atom stereocenters. The number of nitrogens with zero attached hydrogens (tertiary/aromatic N) is 3. The first kappa shape index (κ1) is 19.2. The molecule has 1 spiro atoms. The van der Waals surface area contributed by atoms with Crippen molar-refractivity contribution >= 4 is 17.6 Å². The summed E-state index contributed by atoms with van der Waals surface area (Å²) in [6.45, 7) is 8.09. The van der Waals surface area contributed by atoms with Gasteiger partial charge in [0.05, 0.1) is 13.2 Å². The van der Waals surface area contributed by atoms with E-state index >= 15 is 0 Å². The molecule has 3 heterocycles. The highest BCUT2D eigenvalue weighted by molar-refractivity contribution is 5.96. The van der Waals surface area contributed by atoms with Crippen LogP contribution in [0.1, 0.15) is 38.2 Å². The van der Waals surface area contributed by atoms with Crippen molar-refractivity contribution in [1.82, 2.24) is 9.80 Å². The lowest BCUT2D eigenvalue weighted by molar-refractivity contribution is -0.187. The molecule has 3 aliphatic heterocycles. The van der Waals surface area contributed by atoms with E-state index in [-0.39, 0.29) is 18.5 Å². The average molecular weight is 387 g/mol. The summed E-state index contributed by atoms with van der Waals surface area (Å²) >= 11 is 0. The van der Waals surface area contributed by atoms with Crippen molar-refractivity contribution in [1.29, 1.82) is 0 Å². The predicted molar refractivity (Wildman–Crippen MR) is 105 cm³/mol. The van der Waals surface area contributed by atoms with Crippen LogP contribution in [0.3, 0.4) is 0 Å². The number of carbonyl (C=O) groups is 2. The topological polar surface area (TPSA) is 62.3 Å². The van der Waals surface area contributed by atoms with Crippen LogP contribution in [0, 0.1) is 0 Å². The number of ether oxygens (including phenoxy) is 2. The van der Waals surface area contributed by atoms with Crippen molar-refractivity contribution in [3.8, 4) is 0 Å². The third-order valence-electron chi connectivity index (χ3n) is 5.98. The van der Waals surface area contributed by atoms with Crippen molar-refractivity contribution < 1.29 is 19.1 Å². The van der Waals surface area contributed by atoms with Crippen LogP contribution in [0.5, 0.6) is 0 Å². The molecule has 7 nitrogen and oxygen atoms in total. The minimum Gasteiger partial charge on any atom is -0.347 e. The van der Waals surface area contributed by atoms with Crippen molar-refractivity contribution in [2.24, 2.45) is 0 Å². The Morgan fingerprint density at radius 3 is 2.29 bits per heavy atom. The zero-order valence-electron chi connectivity index (χ0n) is 16.7. The second-order valence-electron chi connectivity index (χ2n) is 8.09. The molecule has 0 radical (unpaired) electrons. The van der Waals surface area contributed by atoms with Crippen molar-refractivity contribution in [3.05, 3.63) is 29.8 Å². The van der Waals surface area contributed by atoms with Crippen LogP contribution in [0.15, 0.2) is 24.3 Å². The molecule has 28 heavy (non-hydrogen) atoms. The van der Waals surface area contributed by atoms with E-state index in [1.807, 2.05) is 17.0 Å². The van der Waals surface area contributed by atoms with Crippen LogP contribution in [0.25, 0.3) is 0 Å². The Morgan fingerprint density at radius 2 is 1.68 bits per heavy atom. The largest absolute Gasteiger partial charge is 0.347 e. The van der Waals surface area contributed by atoms with E-state index in [1.165, 1.54) is 5.56 Å². The van der Waals surface area contributed by atoms with Gasteiger partial charge in [0.25, 0.3) is 0 Å². The second-order valence-corrected chi connectivity index (χ2v) is 8.09. The Morgan fingerprint density at radius 1 is 1.04 bits per heavy atom. The van der Waals surface area contributed by atoms with E-state index < -0.39 is 5.79 Å². The third kappa shape index (κ3) is 3.73. The van der Waals surface area contributed by atoms with Gasteiger partial charge in [-0.25, -0.2) is 4.79 Å². The lowest BCUT2D eigenvalue weighted by Gasteiger charge is -2.38. The Kier molecular flexibility index (Phi) is 5.29. The predicted octanol–water partition coefficient (Wildman–Crippen LogP) is 2.42. The van der Waals surface area contributed by atoms with Crippen molar-refractivity contribution in [2.45, 2.75) is 38.4 Å². The SMILES string of the molecule is CC(C)c1ccc(N2CCN(CC(=O)N3CCC4(CC3)OCCO4)C2=O)cc1. The highest BCUT2D eigenvalue weighted by atomic mass is 16.7. The van der Waals surface area contributed by atoms with Gasteiger partial charge in [0.1, 0.15) is 6.54 Å². The Hall–Kier alpha value is -2.12. The maximum atomic E-state index is 12.8. The minimum atomic E-state index is -0.487. The molecule has 0 N–H and O–H groups in total. The maximum Gasteiger partial charge on any atom is 0.325 e. The third-order valence-corrected chi connectivity index (χ3v) is 5.98. The Balaban J connectivity index is 1.32. The van der Waals surface area contributed by atoms with Crippen molar-refractivity contribution in [2.75, 3.05) is 50.8 Å². The summed E-state index contributed by atoms with van der Waals surface area (Å²) in [5.41, 5.74) is 2.14. The first-order valence-corrected chi connectivity index (χ1v) is 10.2. The number of benzene rings is 1. The summed E-state index contributed by atoms with van der Waals surface area (Å²) in [5.74, 6) is -0.0292. The maximum absolute atomic E-state index is 12.8. The molecule has 7 heteroatoms. The molecule has 0 aliphatic carbocycles. The highest BCUT2D eigenvalue weighted by Crippen LogP contribution is 2.31. The van der Waals surface area contributed by atoms with Crippen LogP contribution >= 0.6 is 0 Å². The van der Waals surface area contributed by atoms with E-state index in [2.05, 4.69) is 26.0 Å². The number of urea groups is 1. The van der Waals surface area contributed by atoms with Gasteiger partial charge < -0.3 is 19.3 Å². The van der Waals surface area contributed by atoms with E-state index in [9.17, 15) is 9.59 Å². The van der Waals surface area contributed by atoms with Crippen LogP contribution in [0.4, 0.5) is 10.5 Å². The van der Waals surface area contributed by atoms with E-state index in [0.717, 1.165) is 5.69 Å². The first-order chi connectivity index (χ1) is 13.5. The van der Waals surface area contributed by atoms with E-state index in [4.69, 9.17) is 9.47 Å². The zero-order valence-corrected chi connectivity index (χ0v) is 16.7. The van der Waals surface area contributed by atoms with E-state index in [0.29, 0.717) is 58.2 Å². The molecule has 3 fully saturated rings. The van der Waals surface area contributed by atoms with Crippen LogP contribution in [-0.4, -0.2) is 73.5 Å². The number of amides is 3. The number of carbonyl (C=O) groups excluding carboxylic acids is 2. The van der Waals surface area contributed by atoms with Crippen LogP contribution < -0.4 is 4.90 Å². The molecule has 1 aromatic carbocycles. The molecular formula is C21H29N3O4. The van der Waals surface area contributed by atoms with Gasteiger partial charge in [-0.3, -0.25) is 9.69 Å². The number of hydrogen-bond donors (Lipinski definition) is 0. The normalized spacial score (nSPS) is 22.0. The molecule has 152 valence electrons. The molecule has 1 aromatic rings. The molecule has 3 saturated heterocycles. The van der Waals surface area contributed by atoms with Crippen LogP contribution in [0.2, 0.25) is 0 Å². The number of hydrogen-bond acceptors (Lipinski definition) is 4. The monoisotopic (exact) mass is 387 g/mol. The number of rotatable bonds is 4. The molecular weight excluding hydrogens is 358 g/mol.